The topological polar surface area (TPSA) is 86.1 Å². The van der Waals surface area contributed by atoms with Crippen LogP contribution in [-0.4, -0.2) is 78.7 Å². The minimum absolute atomic E-state index is 0.000796. The maximum Gasteiger partial charge on any atom is 0.289 e. The summed E-state index contributed by atoms with van der Waals surface area (Å²) in [6.45, 7) is 1.77. The lowest BCUT2D eigenvalue weighted by Crippen LogP contribution is -2.52. The summed E-state index contributed by atoms with van der Waals surface area (Å²) in [7, 11) is 1.67. The van der Waals surface area contributed by atoms with Crippen LogP contribution in [0, 0.1) is 5.82 Å². The SMILES string of the molecule is CN(CC(=O)Nc1cccc(F)c1)CC(=O)N1CCN(C(=O)c2ccco2)CC1. The van der Waals surface area contributed by atoms with Crippen molar-refractivity contribution >= 4 is 23.4 Å². The van der Waals surface area contributed by atoms with Crippen molar-refractivity contribution < 1.29 is 23.2 Å². The van der Waals surface area contributed by atoms with Crippen LogP contribution >= 0.6 is 0 Å². The predicted molar refractivity (Wildman–Crippen MR) is 104 cm³/mol. The van der Waals surface area contributed by atoms with Crippen LogP contribution in [0.1, 0.15) is 10.6 Å². The summed E-state index contributed by atoms with van der Waals surface area (Å²) in [4.78, 5) is 41.7. The van der Waals surface area contributed by atoms with E-state index in [-0.39, 0.29) is 36.6 Å². The van der Waals surface area contributed by atoms with Gasteiger partial charge in [0.2, 0.25) is 11.8 Å². The standard InChI is InChI=1S/C20H23FN4O4/c1-23(13-18(26)22-16-5-2-4-15(21)12-16)14-19(27)24-7-9-25(10-8-24)20(28)17-6-3-11-29-17/h2-6,11-12H,7-10,13-14H2,1H3,(H,22,26). The van der Waals surface area contributed by atoms with Crippen LogP contribution < -0.4 is 5.32 Å². The fraction of sp³-hybridized carbons (Fsp3) is 0.350. The zero-order chi connectivity index (χ0) is 20.8. The summed E-state index contributed by atoms with van der Waals surface area (Å²) in [5.41, 5.74) is 0.368. The first kappa shape index (κ1) is 20.5. The van der Waals surface area contributed by atoms with Crippen LogP contribution in [0.15, 0.2) is 47.1 Å². The van der Waals surface area contributed by atoms with Crippen molar-refractivity contribution in [2.75, 3.05) is 51.6 Å². The van der Waals surface area contributed by atoms with E-state index in [1.807, 2.05) is 0 Å². The van der Waals surface area contributed by atoms with Gasteiger partial charge in [0.1, 0.15) is 5.82 Å². The van der Waals surface area contributed by atoms with Gasteiger partial charge in [-0.3, -0.25) is 19.3 Å². The molecule has 0 bridgehead atoms. The molecule has 0 spiro atoms. The molecule has 1 aliphatic heterocycles. The van der Waals surface area contributed by atoms with E-state index in [1.165, 1.54) is 24.5 Å². The summed E-state index contributed by atoms with van der Waals surface area (Å²) in [6.07, 6.45) is 1.45. The molecule has 1 saturated heterocycles. The Balaban J connectivity index is 1.42. The number of furan rings is 1. The fourth-order valence-corrected chi connectivity index (χ4v) is 3.11. The summed E-state index contributed by atoms with van der Waals surface area (Å²) in [6, 6.07) is 8.90. The monoisotopic (exact) mass is 402 g/mol. The van der Waals surface area contributed by atoms with Gasteiger partial charge in [0, 0.05) is 31.9 Å². The van der Waals surface area contributed by atoms with Crippen molar-refractivity contribution in [2.45, 2.75) is 0 Å². The Hall–Kier alpha value is -3.20. The molecule has 1 aromatic carbocycles. The van der Waals surface area contributed by atoms with Crippen molar-refractivity contribution in [1.82, 2.24) is 14.7 Å². The molecule has 29 heavy (non-hydrogen) atoms. The Morgan fingerprint density at radius 1 is 1.07 bits per heavy atom. The third-order valence-corrected chi connectivity index (χ3v) is 4.58. The molecule has 0 aliphatic carbocycles. The summed E-state index contributed by atoms with van der Waals surface area (Å²) in [5, 5.41) is 2.60. The van der Waals surface area contributed by atoms with E-state index in [4.69, 9.17) is 4.42 Å². The molecule has 1 aliphatic rings. The fourth-order valence-electron chi connectivity index (χ4n) is 3.11. The van der Waals surface area contributed by atoms with Gasteiger partial charge in [0.05, 0.1) is 19.4 Å². The second-order valence-corrected chi connectivity index (χ2v) is 6.88. The van der Waals surface area contributed by atoms with Crippen LogP contribution in [0.2, 0.25) is 0 Å². The summed E-state index contributed by atoms with van der Waals surface area (Å²) >= 11 is 0. The number of nitrogens with zero attached hydrogens (tertiary/aromatic N) is 3. The van der Waals surface area contributed by atoms with Crippen LogP contribution in [0.4, 0.5) is 10.1 Å². The first-order valence-corrected chi connectivity index (χ1v) is 9.27. The van der Waals surface area contributed by atoms with Gasteiger partial charge in [0.15, 0.2) is 5.76 Å². The third-order valence-electron chi connectivity index (χ3n) is 4.58. The molecule has 0 atom stereocenters. The molecule has 0 saturated carbocycles. The van der Waals surface area contributed by atoms with Gasteiger partial charge in [-0.1, -0.05) is 6.07 Å². The summed E-state index contributed by atoms with van der Waals surface area (Å²) in [5.74, 6) is -0.783. The molecule has 1 N–H and O–H groups in total. The molecule has 9 heteroatoms. The minimum Gasteiger partial charge on any atom is -0.459 e. The van der Waals surface area contributed by atoms with E-state index in [0.29, 0.717) is 31.9 Å². The highest BCUT2D eigenvalue weighted by atomic mass is 19.1. The van der Waals surface area contributed by atoms with Crippen LogP contribution in [0.3, 0.4) is 0 Å². The number of benzene rings is 1. The van der Waals surface area contributed by atoms with E-state index in [2.05, 4.69) is 5.32 Å². The summed E-state index contributed by atoms with van der Waals surface area (Å²) < 4.78 is 18.3. The molecule has 3 rings (SSSR count). The zero-order valence-electron chi connectivity index (χ0n) is 16.1. The van der Waals surface area contributed by atoms with E-state index >= 15 is 0 Å². The number of carbonyl (C=O) groups is 3. The van der Waals surface area contributed by atoms with Crippen molar-refractivity contribution in [3.63, 3.8) is 0 Å². The van der Waals surface area contributed by atoms with Crippen LogP contribution in [0.25, 0.3) is 0 Å². The number of amides is 3. The third kappa shape index (κ3) is 5.64. The molecule has 2 aromatic rings. The first-order valence-electron chi connectivity index (χ1n) is 9.27. The average molecular weight is 402 g/mol. The quantitative estimate of drug-likeness (QED) is 0.787. The van der Waals surface area contributed by atoms with E-state index in [0.717, 1.165) is 0 Å². The molecular weight excluding hydrogens is 379 g/mol. The van der Waals surface area contributed by atoms with Crippen molar-refractivity contribution in [3.05, 3.63) is 54.2 Å². The Morgan fingerprint density at radius 2 is 1.79 bits per heavy atom. The normalized spacial score (nSPS) is 14.2. The van der Waals surface area contributed by atoms with E-state index in [1.54, 1.807) is 39.9 Å². The predicted octanol–water partition coefficient (Wildman–Crippen LogP) is 1.27. The molecule has 1 aromatic heterocycles. The number of likely N-dealkylation sites (N-methyl/N-ethyl adjacent to an activating group) is 1. The van der Waals surface area contributed by atoms with Gasteiger partial charge in [-0.05, 0) is 37.4 Å². The minimum atomic E-state index is -0.434. The molecule has 2 heterocycles. The molecule has 0 radical (unpaired) electrons. The van der Waals surface area contributed by atoms with Gasteiger partial charge in [-0.25, -0.2) is 4.39 Å². The number of anilines is 1. The highest BCUT2D eigenvalue weighted by Gasteiger charge is 2.26. The van der Waals surface area contributed by atoms with E-state index < -0.39 is 5.82 Å². The molecule has 3 amide bonds. The number of hydrogen-bond acceptors (Lipinski definition) is 5. The van der Waals surface area contributed by atoms with Crippen molar-refractivity contribution in [2.24, 2.45) is 0 Å². The van der Waals surface area contributed by atoms with Gasteiger partial charge in [0.25, 0.3) is 5.91 Å². The lowest BCUT2D eigenvalue weighted by atomic mass is 10.2. The molecule has 8 nitrogen and oxygen atoms in total. The largest absolute Gasteiger partial charge is 0.459 e. The Labute approximate surface area is 167 Å². The Morgan fingerprint density at radius 3 is 2.45 bits per heavy atom. The average Bonchev–Trinajstić information content (AvgIpc) is 3.22. The number of rotatable bonds is 6. The lowest BCUT2D eigenvalue weighted by molar-refractivity contribution is -0.133. The smallest absolute Gasteiger partial charge is 0.289 e. The highest BCUT2D eigenvalue weighted by Crippen LogP contribution is 2.11. The highest BCUT2D eigenvalue weighted by molar-refractivity contribution is 5.93. The number of carbonyl (C=O) groups excluding carboxylic acids is 3. The number of hydrogen-bond donors (Lipinski definition) is 1. The van der Waals surface area contributed by atoms with Gasteiger partial charge in [-0.2, -0.15) is 0 Å². The lowest BCUT2D eigenvalue weighted by Gasteiger charge is -2.35. The van der Waals surface area contributed by atoms with Gasteiger partial charge in [-0.15, -0.1) is 0 Å². The van der Waals surface area contributed by atoms with Crippen molar-refractivity contribution in [3.8, 4) is 0 Å². The molecule has 1 fully saturated rings. The Kier molecular flexibility index (Phi) is 6.61. The maximum atomic E-state index is 13.2. The first-order chi connectivity index (χ1) is 13.9. The van der Waals surface area contributed by atoms with E-state index in [9.17, 15) is 18.8 Å². The number of halogens is 1. The molecule has 0 unspecified atom stereocenters. The van der Waals surface area contributed by atoms with Crippen molar-refractivity contribution in [1.29, 1.82) is 0 Å². The number of nitrogens with one attached hydrogen (secondary N) is 1. The Bertz CT molecular complexity index is 863. The maximum absolute atomic E-state index is 13.2. The zero-order valence-corrected chi connectivity index (χ0v) is 16.1. The molecular formula is C20H23FN4O4. The van der Waals surface area contributed by atoms with Crippen LogP contribution in [0.5, 0.6) is 0 Å². The second-order valence-electron chi connectivity index (χ2n) is 6.88. The number of piperazine rings is 1. The van der Waals surface area contributed by atoms with Crippen LogP contribution in [-0.2, 0) is 9.59 Å². The van der Waals surface area contributed by atoms with Gasteiger partial charge < -0.3 is 19.5 Å². The second kappa shape index (κ2) is 9.33. The van der Waals surface area contributed by atoms with Gasteiger partial charge >= 0.3 is 0 Å². The molecule has 154 valence electrons.